The standard InChI is InChI=1S/C10H18F3NO2/c11-10(12,13)16-5-4-14-7-8-2-1-3-9(15)6-8/h8-9,14-15H,1-7H2. The van der Waals surface area contributed by atoms with Crippen molar-refractivity contribution >= 4 is 0 Å². The van der Waals surface area contributed by atoms with Crippen molar-refractivity contribution in [2.24, 2.45) is 5.92 Å². The van der Waals surface area contributed by atoms with Gasteiger partial charge in [0.2, 0.25) is 0 Å². The van der Waals surface area contributed by atoms with Gasteiger partial charge in [0.05, 0.1) is 12.7 Å². The van der Waals surface area contributed by atoms with E-state index in [2.05, 4.69) is 10.1 Å². The molecule has 0 spiro atoms. The lowest BCUT2D eigenvalue weighted by Gasteiger charge is -2.25. The quantitative estimate of drug-likeness (QED) is 0.719. The molecule has 1 aliphatic carbocycles. The smallest absolute Gasteiger partial charge is 0.393 e. The first kappa shape index (κ1) is 13.7. The Hall–Kier alpha value is -0.330. The Bertz CT molecular complexity index is 199. The van der Waals surface area contributed by atoms with E-state index in [1.54, 1.807) is 0 Å². The van der Waals surface area contributed by atoms with E-state index in [1.807, 2.05) is 0 Å². The minimum Gasteiger partial charge on any atom is -0.393 e. The highest BCUT2D eigenvalue weighted by molar-refractivity contribution is 4.73. The van der Waals surface area contributed by atoms with Crippen molar-refractivity contribution in [3.05, 3.63) is 0 Å². The molecule has 0 aromatic carbocycles. The Morgan fingerprint density at radius 2 is 2.06 bits per heavy atom. The molecule has 0 amide bonds. The van der Waals surface area contributed by atoms with E-state index in [0.717, 1.165) is 25.7 Å². The summed E-state index contributed by atoms with van der Waals surface area (Å²) >= 11 is 0. The van der Waals surface area contributed by atoms with E-state index in [0.29, 0.717) is 12.5 Å². The van der Waals surface area contributed by atoms with Crippen LogP contribution in [0.1, 0.15) is 25.7 Å². The van der Waals surface area contributed by atoms with E-state index in [1.165, 1.54) is 0 Å². The van der Waals surface area contributed by atoms with Gasteiger partial charge in [-0.2, -0.15) is 0 Å². The average Bonchev–Trinajstić information content (AvgIpc) is 2.15. The van der Waals surface area contributed by atoms with Gasteiger partial charge in [-0.3, -0.25) is 4.74 Å². The van der Waals surface area contributed by atoms with E-state index in [9.17, 15) is 18.3 Å². The van der Waals surface area contributed by atoms with Crippen LogP contribution in [0.2, 0.25) is 0 Å². The van der Waals surface area contributed by atoms with Crippen LogP contribution in [0.5, 0.6) is 0 Å². The number of hydrogen-bond donors (Lipinski definition) is 2. The Labute approximate surface area is 93.0 Å². The van der Waals surface area contributed by atoms with Crippen molar-refractivity contribution in [2.75, 3.05) is 19.7 Å². The fourth-order valence-corrected chi connectivity index (χ4v) is 1.99. The predicted octanol–water partition coefficient (Wildman–Crippen LogP) is 1.66. The van der Waals surface area contributed by atoms with Gasteiger partial charge in [0, 0.05) is 6.54 Å². The molecule has 1 aliphatic rings. The third kappa shape index (κ3) is 6.30. The molecule has 2 unspecified atom stereocenters. The van der Waals surface area contributed by atoms with Crippen LogP contribution in [0.25, 0.3) is 0 Å². The van der Waals surface area contributed by atoms with Crippen molar-refractivity contribution in [3.63, 3.8) is 0 Å². The maximum Gasteiger partial charge on any atom is 0.522 e. The number of halogens is 3. The van der Waals surface area contributed by atoms with Gasteiger partial charge in [-0.15, -0.1) is 13.2 Å². The fraction of sp³-hybridized carbons (Fsp3) is 1.00. The van der Waals surface area contributed by atoms with Crippen LogP contribution >= 0.6 is 0 Å². The summed E-state index contributed by atoms with van der Waals surface area (Å²) in [4.78, 5) is 0. The Balaban J connectivity index is 1.98. The lowest BCUT2D eigenvalue weighted by molar-refractivity contribution is -0.323. The van der Waals surface area contributed by atoms with Crippen molar-refractivity contribution in [2.45, 2.75) is 38.1 Å². The van der Waals surface area contributed by atoms with Gasteiger partial charge in [-0.25, -0.2) is 0 Å². The largest absolute Gasteiger partial charge is 0.522 e. The molecule has 96 valence electrons. The van der Waals surface area contributed by atoms with Crippen LogP contribution in [0, 0.1) is 5.92 Å². The first-order valence-electron chi connectivity index (χ1n) is 5.57. The zero-order valence-corrected chi connectivity index (χ0v) is 9.09. The number of hydrogen-bond acceptors (Lipinski definition) is 3. The maximum atomic E-state index is 11.6. The molecule has 6 heteroatoms. The number of aliphatic hydroxyl groups excluding tert-OH is 1. The summed E-state index contributed by atoms with van der Waals surface area (Å²) in [5.41, 5.74) is 0. The molecule has 0 aliphatic heterocycles. The number of nitrogens with one attached hydrogen (secondary N) is 1. The van der Waals surface area contributed by atoms with Gasteiger partial charge in [0.25, 0.3) is 0 Å². The summed E-state index contributed by atoms with van der Waals surface area (Å²) < 4.78 is 38.4. The summed E-state index contributed by atoms with van der Waals surface area (Å²) in [5.74, 6) is 0.370. The monoisotopic (exact) mass is 241 g/mol. The van der Waals surface area contributed by atoms with Crippen molar-refractivity contribution in [1.29, 1.82) is 0 Å². The van der Waals surface area contributed by atoms with Gasteiger partial charge < -0.3 is 10.4 Å². The molecule has 2 atom stereocenters. The third-order valence-corrected chi connectivity index (χ3v) is 2.73. The Kier molecular flexibility index (Phi) is 5.51. The van der Waals surface area contributed by atoms with E-state index >= 15 is 0 Å². The maximum absolute atomic E-state index is 11.6. The van der Waals surface area contributed by atoms with Crippen molar-refractivity contribution in [3.8, 4) is 0 Å². The normalized spacial score (nSPS) is 27.0. The zero-order valence-electron chi connectivity index (χ0n) is 9.09. The minimum atomic E-state index is -4.54. The van der Waals surface area contributed by atoms with Gasteiger partial charge in [0.15, 0.2) is 0 Å². The highest BCUT2D eigenvalue weighted by Gasteiger charge is 2.28. The highest BCUT2D eigenvalue weighted by Crippen LogP contribution is 2.23. The molecule has 16 heavy (non-hydrogen) atoms. The summed E-state index contributed by atoms with van der Waals surface area (Å²) in [6, 6.07) is 0. The summed E-state index contributed by atoms with van der Waals surface area (Å²) in [6.07, 6.45) is -1.17. The molecule has 0 aromatic heterocycles. The SMILES string of the molecule is OC1CCCC(CNCCOC(F)(F)F)C1. The summed E-state index contributed by atoms with van der Waals surface area (Å²) in [5, 5.41) is 12.3. The molecule has 3 nitrogen and oxygen atoms in total. The van der Waals surface area contributed by atoms with Crippen LogP contribution in [0.4, 0.5) is 13.2 Å². The first-order valence-corrected chi connectivity index (χ1v) is 5.57. The molecular formula is C10H18F3NO2. The Morgan fingerprint density at radius 1 is 1.31 bits per heavy atom. The lowest BCUT2D eigenvalue weighted by atomic mass is 9.87. The number of aliphatic hydroxyl groups is 1. The van der Waals surface area contributed by atoms with Crippen molar-refractivity contribution < 1.29 is 23.0 Å². The molecule has 2 N–H and O–H groups in total. The number of rotatable bonds is 5. The van der Waals surface area contributed by atoms with Gasteiger partial charge >= 0.3 is 6.36 Å². The number of alkyl halides is 3. The second kappa shape index (κ2) is 6.42. The summed E-state index contributed by atoms with van der Waals surface area (Å²) in [6.45, 7) is 0.475. The molecule has 1 rings (SSSR count). The van der Waals surface area contributed by atoms with Crippen LogP contribution in [-0.4, -0.2) is 37.3 Å². The molecule has 1 saturated carbocycles. The molecule has 1 fully saturated rings. The third-order valence-electron chi connectivity index (χ3n) is 2.73. The first-order chi connectivity index (χ1) is 7.47. The summed E-state index contributed by atoms with van der Waals surface area (Å²) in [7, 11) is 0. The molecule has 0 aromatic rings. The zero-order chi connectivity index (χ0) is 12.0. The van der Waals surface area contributed by atoms with Crippen LogP contribution < -0.4 is 5.32 Å². The van der Waals surface area contributed by atoms with Crippen LogP contribution in [0.15, 0.2) is 0 Å². The molecular weight excluding hydrogens is 223 g/mol. The van der Waals surface area contributed by atoms with Gasteiger partial charge in [-0.1, -0.05) is 6.42 Å². The predicted molar refractivity (Wildman–Crippen MR) is 52.8 cm³/mol. The second-order valence-electron chi connectivity index (χ2n) is 4.18. The highest BCUT2D eigenvalue weighted by atomic mass is 19.4. The minimum absolute atomic E-state index is 0.187. The van der Waals surface area contributed by atoms with Crippen LogP contribution in [0.3, 0.4) is 0 Å². The van der Waals surface area contributed by atoms with Gasteiger partial charge in [0.1, 0.15) is 0 Å². The van der Waals surface area contributed by atoms with E-state index in [4.69, 9.17) is 0 Å². The molecule has 0 radical (unpaired) electrons. The molecule has 0 saturated heterocycles. The molecule has 0 bridgehead atoms. The van der Waals surface area contributed by atoms with Gasteiger partial charge in [-0.05, 0) is 31.7 Å². The lowest BCUT2D eigenvalue weighted by Crippen LogP contribution is -2.32. The molecule has 0 heterocycles. The average molecular weight is 241 g/mol. The van der Waals surface area contributed by atoms with Crippen LogP contribution in [-0.2, 0) is 4.74 Å². The number of ether oxygens (including phenoxy) is 1. The van der Waals surface area contributed by atoms with E-state index in [-0.39, 0.29) is 19.3 Å². The topological polar surface area (TPSA) is 41.5 Å². The Morgan fingerprint density at radius 3 is 2.69 bits per heavy atom. The second-order valence-corrected chi connectivity index (χ2v) is 4.18. The van der Waals surface area contributed by atoms with Crippen molar-refractivity contribution in [1.82, 2.24) is 5.32 Å². The fourth-order valence-electron chi connectivity index (χ4n) is 1.99. The van der Waals surface area contributed by atoms with E-state index < -0.39 is 6.36 Å².